The molecule has 70 valence electrons. The molecule has 14 heavy (non-hydrogen) atoms. The maximum Gasteiger partial charge on any atom is 0.204 e. The zero-order valence-corrected chi connectivity index (χ0v) is 10.1. The molecule has 2 rings (SSSR count). The molecule has 0 bridgehead atoms. The van der Waals surface area contributed by atoms with Crippen molar-refractivity contribution >= 4 is 10.5 Å². The van der Waals surface area contributed by atoms with Gasteiger partial charge in [0.1, 0.15) is 5.75 Å². The summed E-state index contributed by atoms with van der Waals surface area (Å²) in [7, 11) is 0.726. The van der Waals surface area contributed by atoms with Crippen molar-refractivity contribution in [1.29, 1.82) is 0 Å². The molecule has 2 aromatic carbocycles. The first-order valence-corrected chi connectivity index (χ1v) is 5.42. The van der Waals surface area contributed by atoms with E-state index in [1.165, 1.54) is 11.1 Å². The lowest BCUT2D eigenvalue weighted by atomic mass is 10.1. The molecule has 0 spiro atoms. The Morgan fingerprint density at radius 3 is 2.14 bits per heavy atom. The second-order valence-corrected chi connectivity index (χ2v) is 3.47. The Morgan fingerprint density at radius 2 is 1.43 bits per heavy atom. The van der Waals surface area contributed by atoms with Gasteiger partial charge in [0.15, 0.2) is 0 Å². The van der Waals surface area contributed by atoms with Gasteiger partial charge in [0, 0.05) is 5.56 Å². The van der Waals surface area contributed by atoms with Crippen molar-refractivity contribution in [2.75, 3.05) is 0 Å². The summed E-state index contributed by atoms with van der Waals surface area (Å²) in [6, 6.07) is 18.4. The van der Waals surface area contributed by atoms with Crippen LogP contribution in [0, 0.1) is 0 Å². The number of benzene rings is 2. The van der Waals surface area contributed by atoms with E-state index in [-0.39, 0.29) is 0 Å². The maximum atomic E-state index is 5.44. The quantitative estimate of drug-likeness (QED) is 0.674. The zero-order chi connectivity index (χ0) is 9.80. The molecule has 0 aliphatic carbocycles. The van der Waals surface area contributed by atoms with E-state index in [1.54, 1.807) is 0 Å². The molecule has 2 heteroatoms. The molecule has 0 heterocycles. The minimum absolute atomic E-state index is 0.726. The van der Waals surface area contributed by atoms with Crippen molar-refractivity contribution in [1.82, 2.24) is 0 Å². The molecule has 0 amide bonds. The first kappa shape index (κ1) is 9.03. The number of hydrogen-bond acceptors (Lipinski definition) is 1. The van der Waals surface area contributed by atoms with Crippen LogP contribution in [0.3, 0.4) is 0 Å². The highest BCUT2D eigenvalue weighted by Crippen LogP contribution is 2.28. The number of para-hydroxylation sites is 1. The molecule has 0 aliphatic rings. The van der Waals surface area contributed by atoms with E-state index >= 15 is 0 Å². The third-order valence-electron chi connectivity index (χ3n) is 2.19. The van der Waals surface area contributed by atoms with Crippen LogP contribution >= 0.6 is 0 Å². The zero-order valence-electron chi connectivity index (χ0n) is 8.10. The van der Waals surface area contributed by atoms with Gasteiger partial charge >= 0.3 is 0 Å². The molecule has 0 radical (unpaired) electrons. The molecule has 1 nitrogen and oxygen atoms in total. The van der Waals surface area contributed by atoms with Crippen LogP contribution < -0.4 is 4.43 Å². The van der Waals surface area contributed by atoms with Crippen LogP contribution in [0.2, 0.25) is 0 Å². The summed E-state index contributed by atoms with van der Waals surface area (Å²) in [5.41, 5.74) is 2.38. The van der Waals surface area contributed by atoms with E-state index in [2.05, 4.69) is 18.2 Å². The molecule has 0 N–H and O–H groups in total. The lowest BCUT2D eigenvalue weighted by Crippen LogP contribution is -1.88. The van der Waals surface area contributed by atoms with Crippen LogP contribution in [0.15, 0.2) is 54.6 Å². The highest BCUT2D eigenvalue weighted by molar-refractivity contribution is 6.00. The largest absolute Gasteiger partial charge is 0.553 e. The smallest absolute Gasteiger partial charge is 0.204 e. The first-order chi connectivity index (χ1) is 6.92. The molecule has 0 unspecified atom stereocenters. The number of rotatable bonds is 2. The topological polar surface area (TPSA) is 9.23 Å². The van der Waals surface area contributed by atoms with Gasteiger partial charge in [-0.2, -0.15) is 0 Å². The van der Waals surface area contributed by atoms with Crippen LogP contribution in [0.4, 0.5) is 0 Å². The fourth-order valence-corrected chi connectivity index (χ4v) is 1.86. The minimum Gasteiger partial charge on any atom is -0.553 e. The third kappa shape index (κ3) is 1.70. The summed E-state index contributed by atoms with van der Waals surface area (Å²) >= 11 is 0. The van der Waals surface area contributed by atoms with Gasteiger partial charge in [0.25, 0.3) is 0 Å². The monoisotopic (exact) mass is 200 g/mol. The van der Waals surface area contributed by atoms with E-state index in [4.69, 9.17) is 4.43 Å². The normalized spacial score (nSPS) is 10.0. The van der Waals surface area contributed by atoms with Gasteiger partial charge < -0.3 is 4.43 Å². The highest BCUT2D eigenvalue weighted by atomic mass is 28.2. The molecular weight excluding hydrogens is 188 g/mol. The van der Waals surface area contributed by atoms with Crippen molar-refractivity contribution in [3.63, 3.8) is 0 Å². The summed E-state index contributed by atoms with van der Waals surface area (Å²) in [4.78, 5) is 0. The Bertz CT molecular complexity index is 412. The summed E-state index contributed by atoms with van der Waals surface area (Å²) in [5.74, 6) is 0.977. The second-order valence-electron chi connectivity index (χ2n) is 3.07. The van der Waals surface area contributed by atoms with Gasteiger partial charge in [0.05, 0.1) is 0 Å². The lowest BCUT2D eigenvalue weighted by molar-refractivity contribution is 0.618. The molecule has 0 atom stereocenters. The van der Waals surface area contributed by atoms with Gasteiger partial charge in [-0.1, -0.05) is 48.5 Å². The van der Waals surface area contributed by atoms with Crippen molar-refractivity contribution in [2.24, 2.45) is 0 Å². The first-order valence-electron chi connectivity index (χ1n) is 4.60. The van der Waals surface area contributed by atoms with Crippen molar-refractivity contribution in [2.45, 2.75) is 0 Å². The average Bonchev–Trinajstić information content (AvgIpc) is 2.30. The molecular formula is C12H12OSi. The Kier molecular flexibility index (Phi) is 2.65. The molecule has 0 fully saturated rings. The fourth-order valence-electron chi connectivity index (χ4n) is 1.50. The van der Waals surface area contributed by atoms with Gasteiger partial charge in [-0.3, -0.25) is 0 Å². The fraction of sp³-hybridized carbons (Fsp3) is 0. The summed E-state index contributed by atoms with van der Waals surface area (Å²) in [6.07, 6.45) is 0. The molecule has 2 aromatic rings. The van der Waals surface area contributed by atoms with E-state index in [0.717, 1.165) is 16.2 Å². The standard InChI is InChI=1S/C12H12OSi/c14-13-12-9-5-4-8-11(12)10-6-2-1-3-7-10/h1-9H,14H3. The summed E-state index contributed by atoms with van der Waals surface area (Å²) in [5, 5.41) is 0. The average molecular weight is 200 g/mol. The Balaban J connectivity index is 2.51. The van der Waals surface area contributed by atoms with Gasteiger partial charge in [-0.25, -0.2) is 0 Å². The predicted molar refractivity (Wildman–Crippen MR) is 62.4 cm³/mol. The van der Waals surface area contributed by atoms with E-state index < -0.39 is 0 Å². The van der Waals surface area contributed by atoms with Crippen LogP contribution in [0.5, 0.6) is 5.75 Å². The maximum absolute atomic E-state index is 5.44. The number of hydrogen-bond donors (Lipinski definition) is 0. The summed E-state index contributed by atoms with van der Waals surface area (Å²) in [6.45, 7) is 0. The minimum atomic E-state index is 0.726. The van der Waals surface area contributed by atoms with E-state index in [9.17, 15) is 0 Å². The second kappa shape index (κ2) is 4.11. The predicted octanol–water partition coefficient (Wildman–Crippen LogP) is 2.01. The van der Waals surface area contributed by atoms with Crippen molar-refractivity contribution in [3.8, 4) is 16.9 Å². The van der Waals surface area contributed by atoms with Gasteiger partial charge in [-0.05, 0) is 11.6 Å². The van der Waals surface area contributed by atoms with Crippen molar-refractivity contribution < 1.29 is 4.43 Å². The van der Waals surface area contributed by atoms with E-state index in [0.29, 0.717) is 0 Å². The SMILES string of the molecule is [SiH3]Oc1ccccc1-c1ccccc1. The van der Waals surface area contributed by atoms with E-state index in [1.807, 2.05) is 36.4 Å². The van der Waals surface area contributed by atoms with Crippen molar-refractivity contribution in [3.05, 3.63) is 54.6 Å². The van der Waals surface area contributed by atoms with Gasteiger partial charge in [-0.15, -0.1) is 0 Å². The van der Waals surface area contributed by atoms with Crippen LogP contribution in [0.1, 0.15) is 0 Å². The molecule has 0 saturated carbocycles. The van der Waals surface area contributed by atoms with Crippen LogP contribution in [-0.4, -0.2) is 10.5 Å². The Hall–Kier alpha value is -1.54. The van der Waals surface area contributed by atoms with Crippen LogP contribution in [-0.2, 0) is 0 Å². The highest BCUT2D eigenvalue weighted by Gasteiger charge is 2.01. The molecule has 0 saturated heterocycles. The lowest BCUT2D eigenvalue weighted by Gasteiger charge is -2.08. The molecule has 0 aliphatic heterocycles. The Morgan fingerprint density at radius 1 is 0.786 bits per heavy atom. The molecule has 0 aromatic heterocycles. The Labute approximate surface area is 86.9 Å². The van der Waals surface area contributed by atoms with Gasteiger partial charge in [0.2, 0.25) is 10.5 Å². The van der Waals surface area contributed by atoms with Crippen LogP contribution in [0.25, 0.3) is 11.1 Å². The summed E-state index contributed by atoms with van der Waals surface area (Å²) < 4.78 is 5.44. The third-order valence-corrected chi connectivity index (χ3v) is 2.63.